The normalized spacial score (nSPS) is 14.7. The van der Waals surface area contributed by atoms with Crippen molar-refractivity contribution in [2.24, 2.45) is 5.41 Å². The molecule has 0 spiro atoms. The fourth-order valence-corrected chi connectivity index (χ4v) is 3.15. The van der Waals surface area contributed by atoms with Gasteiger partial charge in [0.15, 0.2) is 0 Å². The van der Waals surface area contributed by atoms with E-state index in [1.807, 2.05) is 45.0 Å². The predicted molar refractivity (Wildman–Crippen MR) is 97.0 cm³/mol. The number of aryl methyl sites for hydroxylation is 3. The van der Waals surface area contributed by atoms with Gasteiger partial charge >= 0.3 is 0 Å². The molecule has 0 saturated heterocycles. The molecule has 0 aliphatic heterocycles. The maximum absolute atomic E-state index is 12.8. The Bertz CT molecular complexity index is 788. The molecule has 2 amide bonds. The standard InChI is InChI=1S/C20H23N3O2/c1-13-9-14(2)17(15(3)10-13)23-19(25)20(6-7-20)18(24)22-12-16-5-4-8-21-11-16/h4-5,8-11H,6-7,12H2,1-3H3,(H,22,24)(H,23,25). The van der Waals surface area contributed by atoms with E-state index >= 15 is 0 Å². The third-order valence-electron chi connectivity index (χ3n) is 4.71. The molecule has 1 aliphatic carbocycles. The first-order valence-electron chi connectivity index (χ1n) is 8.49. The SMILES string of the molecule is Cc1cc(C)c(NC(=O)C2(C(=O)NCc3cccnc3)CC2)c(C)c1. The number of pyridine rings is 1. The van der Waals surface area contributed by atoms with Gasteiger partial charge in [0.1, 0.15) is 5.41 Å². The van der Waals surface area contributed by atoms with Gasteiger partial charge in [0.2, 0.25) is 11.8 Å². The molecule has 5 nitrogen and oxygen atoms in total. The van der Waals surface area contributed by atoms with Crippen molar-refractivity contribution in [1.29, 1.82) is 0 Å². The zero-order valence-corrected chi connectivity index (χ0v) is 14.8. The maximum atomic E-state index is 12.8. The van der Waals surface area contributed by atoms with Gasteiger partial charge < -0.3 is 10.6 Å². The van der Waals surface area contributed by atoms with E-state index in [0.29, 0.717) is 19.4 Å². The van der Waals surface area contributed by atoms with Crippen molar-refractivity contribution >= 4 is 17.5 Å². The Morgan fingerprint density at radius 2 is 1.80 bits per heavy atom. The maximum Gasteiger partial charge on any atom is 0.240 e. The number of nitrogens with zero attached hydrogens (tertiary/aromatic N) is 1. The highest BCUT2D eigenvalue weighted by atomic mass is 16.2. The van der Waals surface area contributed by atoms with Crippen molar-refractivity contribution < 1.29 is 9.59 Å². The minimum atomic E-state index is -0.939. The van der Waals surface area contributed by atoms with E-state index in [1.54, 1.807) is 12.4 Å². The van der Waals surface area contributed by atoms with E-state index in [0.717, 1.165) is 27.9 Å². The van der Waals surface area contributed by atoms with Gasteiger partial charge in [-0.2, -0.15) is 0 Å². The van der Waals surface area contributed by atoms with Crippen LogP contribution in [0.25, 0.3) is 0 Å². The molecule has 1 saturated carbocycles. The summed E-state index contributed by atoms with van der Waals surface area (Å²) in [4.78, 5) is 29.3. The quantitative estimate of drug-likeness (QED) is 0.824. The number of carbonyl (C=O) groups excluding carboxylic acids is 2. The first-order chi connectivity index (χ1) is 11.9. The first kappa shape index (κ1) is 17.1. The number of rotatable bonds is 5. The number of nitrogens with one attached hydrogen (secondary N) is 2. The molecule has 1 heterocycles. The fourth-order valence-electron chi connectivity index (χ4n) is 3.15. The molecule has 1 aliphatic rings. The third-order valence-corrected chi connectivity index (χ3v) is 4.71. The van der Waals surface area contributed by atoms with Crippen LogP contribution >= 0.6 is 0 Å². The van der Waals surface area contributed by atoms with Crippen molar-refractivity contribution in [2.45, 2.75) is 40.2 Å². The molecular weight excluding hydrogens is 314 g/mol. The van der Waals surface area contributed by atoms with E-state index in [2.05, 4.69) is 15.6 Å². The molecule has 130 valence electrons. The topological polar surface area (TPSA) is 71.1 Å². The van der Waals surface area contributed by atoms with Gasteiger partial charge in [0.05, 0.1) is 0 Å². The Balaban J connectivity index is 1.68. The van der Waals surface area contributed by atoms with E-state index in [1.165, 1.54) is 0 Å². The molecule has 0 bridgehead atoms. The van der Waals surface area contributed by atoms with Crippen LogP contribution in [0, 0.1) is 26.2 Å². The second kappa shape index (κ2) is 6.67. The minimum Gasteiger partial charge on any atom is -0.351 e. The molecule has 0 radical (unpaired) electrons. The lowest BCUT2D eigenvalue weighted by atomic mass is 10.0. The largest absolute Gasteiger partial charge is 0.351 e. The highest BCUT2D eigenvalue weighted by Crippen LogP contribution is 2.47. The van der Waals surface area contributed by atoms with E-state index in [4.69, 9.17) is 0 Å². The molecule has 0 unspecified atom stereocenters. The van der Waals surface area contributed by atoms with Crippen molar-refractivity contribution in [3.8, 4) is 0 Å². The molecule has 5 heteroatoms. The van der Waals surface area contributed by atoms with Crippen molar-refractivity contribution in [3.05, 3.63) is 58.9 Å². The monoisotopic (exact) mass is 337 g/mol. The Morgan fingerprint density at radius 1 is 1.12 bits per heavy atom. The van der Waals surface area contributed by atoms with Gasteiger partial charge in [-0.15, -0.1) is 0 Å². The Kier molecular flexibility index (Phi) is 4.57. The van der Waals surface area contributed by atoms with Crippen molar-refractivity contribution in [3.63, 3.8) is 0 Å². The number of hydrogen-bond acceptors (Lipinski definition) is 3. The highest BCUT2D eigenvalue weighted by Gasteiger charge is 2.56. The summed E-state index contributed by atoms with van der Waals surface area (Å²) in [6.07, 6.45) is 4.57. The Hall–Kier alpha value is -2.69. The number of carbonyl (C=O) groups is 2. The lowest BCUT2D eigenvalue weighted by Gasteiger charge is -2.18. The van der Waals surface area contributed by atoms with Gasteiger partial charge in [-0.25, -0.2) is 0 Å². The van der Waals surface area contributed by atoms with Gasteiger partial charge in [0.25, 0.3) is 0 Å². The van der Waals surface area contributed by atoms with Crippen LogP contribution < -0.4 is 10.6 Å². The van der Waals surface area contributed by atoms with Crippen LogP contribution in [0.5, 0.6) is 0 Å². The molecule has 3 rings (SSSR count). The second-order valence-electron chi connectivity index (χ2n) is 6.85. The van der Waals surface area contributed by atoms with Crippen LogP contribution in [-0.2, 0) is 16.1 Å². The molecule has 1 fully saturated rings. The van der Waals surface area contributed by atoms with Gasteiger partial charge in [0, 0.05) is 24.6 Å². The summed E-state index contributed by atoms with van der Waals surface area (Å²) in [7, 11) is 0. The highest BCUT2D eigenvalue weighted by molar-refractivity contribution is 6.13. The van der Waals surface area contributed by atoms with Crippen LogP contribution in [0.3, 0.4) is 0 Å². The van der Waals surface area contributed by atoms with Crippen LogP contribution in [0.1, 0.15) is 35.1 Å². The van der Waals surface area contributed by atoms with Gasteiger partial charge in [-0.1, -0.05) is 23.8 Å². The average Bonchev–Trinajstić information content (AvgIpc) is 3.38. The summed E-state index contributed by atoms with van der Waals surface area (Å²) < 4.78 is 0. The van der Waals surface area contributed by atoms with E-state index in [-0.39, 0.29) is 11.8 Å². The van der Waals surface area contributed by atoms with Gasteiger partial charge in [-0.3, -0.25) is 14.6 Å². The fraction of sp³-hybridized carbons (Fsp3) is 0.350. The zero-order valence-electron chi connectivity index (χ0n) is 14.8. The van der Waals surface area contributed by atoms with Crippen LogP contribution in [0.4, 0.5) is 5.69 Å². The van der Waals surface area contributed by atoms with E-state index in [9.17, 15) is 9.59 Å². The number of hydrogen-bond donors (Lipinski definition) is 2. The van der Waals surface area contributed by atoms with Crippen molar-refractivity contribution in [1.82, 2.24) is 10.3 Å². The molecule has 2 N–H and O–H groups in total. The first-order valence-corrected chi connectivity index (χ1v) is 8.49. The van der Waals surface area contributed by atoms with Crippen LogP contribution in [-0.4, -0.2) is 16.8 Å². The number of benzene rings is 1. The molecule has 2 aromatic rings. The predicted octanol–water partition coefficient (Wildman–Crippen LogP) is 3.04. The van der Waals surface area contributed by atoms with Crippen LogP contribution in [0.2, 0.25) is 0 Å². The second-order valence-corrected chi connectivity index (χ2v) is 6.85. The smallest absolute Gasteiger partial charge is 0.240 e. The number of anilines is 1. The zero-order chi connectivity index (χ0) is 18.0. The number of aromatic nitrogens is 1. The molecule has 1 aromatic carbocycles. The third kappa shape index (κ3) is 3.55. The average molecular weight is 337 g/mol. The summed E-state index contributed by atoms with van der Waals surface area (Å²) in [6, 6.07) is 7.78. The lowest BCUT2D eigenvalue weighted by molar-refractivity contribution is -0.134. The minimum absolute atomic E-state index is 0.212. The summed E-state index contributed by atoms with van der Waals surface area (Å²) in [6.45, 7) is 6.35. The summed E-state index contributed by atoms with van der Waals surface area (Å²) in [5, 5.41) is 5.84. The lowest BCUT2D eigenvalue weighted by Crippen LogP contribution is -2.39. The summed E-state index contributed by atoms with van der Waals surface area (Å²) in [5.74, 6) is -0.428. The van der Waals surface area contributed by atoms with E-state index < -0.39 is 5.41 Å². The Labute approximate surface area is 147 Å². The van der Waals surface area contributed by atoms with Crippen molar-refractivity contribution in [2.75, 3.05) is 5.32 Å². The Morgan fingerprint density at radius 3 is 2.36 bits per heavy atom. The van der Waals surface area contributed by atoms with Crippen LogP contribution in [0.15, 0.2) is 36.7 Å². The summed E-state index contributed by atoms with van der Waals surface area (Å²) in [5.41, 5.74) is 3.96. The van der Waals surface area contributed by atoms with Gasteiger partial charge in [-0.05, 0) is 56.4 Å². The summed E-state index contributed by atoms with van der Waals surface area (Å²) >= 11 is 0. The molecule has 25 heavy (non-hydrogen) atoms. The molecule has 1 aromatic heterocycles. The number of amides is 2. The molecular formula is C20H23N3O2. The molecule has 0 atom stereocenters.